The SMILES string of the molecule is CC(C)c1cc(C(=O)O)n(Cc2ccc(F)cc2F)c1. The summed E-state index contributed by atoms with van der Waals surface area (Å²) in [6, 6.07) is 4.86. The van der Waals surface area contributed by atoms with Gasteiger partial charge in [0.05, 0.1) is 6.54 Å². The van der Waals surface area contributed by atoms with Crippen LogP contribution in [0.2, 0.25) is 0 Å². The minimum absolute atomic E-state index is 0.0560. The molecule has 2 aromatic rings. The second-order valence-electron chi connectivity index (χ2n) is 4.98. The van der Waals surface area contributed by atoms with Gasteiger partial charge in [0.25, 0.3) is 0 Å². The third-order valence-electron chi connectivity index (χ3n) is 3.16. The zero-order chi connectivity index (χ0) is 14.9. The van der Waals surface area contributed by atoms with E-state index in [1.165, 1.54) is 10.6 Å². The predicted octanol–water partition coefficient (Wildman–Crippen LogP) is 3.64. The van der Waals surface area contributed by atoms with E-state index in [-0.39, 0.29) is 23.7 Å². The van der Waals surface area contributed by atoms with Crippen LogP contribution >= 0.6 is 0 Å². The summed E-state index contributed by atoms with van der Waals surface area (Å²) in [5.41, 5.74) is 1.21. The summed E-state index contributed by atoms with van der Waals surface area (Å²) in [5.74, 6) is -2.23. The smallest absolute Gasteiger partial charge is 0.352 e. The summed E-state index contributed by atoms with van der Waals surface area (Å²) >= 11 is 0. The van der Waals surface area contributed by atoms with E-state index in [9.17, 15) is 18.7 Å². The van der Waals surface area contributed by atoms with Gasteiger partial charge >= 0.3 is 5.97 Å². The van der Waals surface area contributed by atoms with Crippen LogP contribution in [0.25, 0.3) is 0 Å². The molecule has 0 atom stereocenters. The van der Waals surface area contributed by atoms with Crippen molar-refractivity contribution in [1.82, 2.24) is 4.57 Å². The van der Waals surface area contributed by atoms with Crippen molar-refractivity contribution in [2.75, 3.05) is 0 Å². The minimum Gasteiger partial charge on any atom is -0.477 e. The molecule has 0 aliphatic carbocycles. The minimum atomic E-state index is -1.07. The number of rotatable bonds is 4. The summed E-state index contributed by atoms with van der Waals surface area (Å²) in [7, 11) is 0. The maximum Gasteiger partial charge on any atom is 0.352 e. The highest BCUT2D eigenvalue weighted by atomic mass is 19.1. The van der Waals surface area contributed by atoms with Crippen molar-refractivity contribution in [1.29, 1.82) is 0 Å². The standard InChI is InChI=1S/C15H15F2NO2/c1-9(2)11-5-14(15(19)20)18(8-11)7-10-3-4-12(16)6-13(10)17/h3-6,8-9H,7H2,1-2H3,(H,19,20). The van der Waals surface area contributed by atoms with Gasteiger partial charge in [-0.25, -0.2) is 13.6 Å². The van der Waals surface area contributed by atoms with Crippen LogP contribution in [0.5, 0.6) is 0 Å². The van der Waals surface area contributed by atoms with Crippen molar-refractivity contribution in [3.8, 4) is 0 Å². The summed E-state index contributed by atoms with van der Waals surface area (Å²) in [4.78, 5) is 11.2. The Morgan fingerprint density at radius 3 is 2.55 bits per heavy atom. The van der Waals surface area contributed by atoms with Gasteiger partial charge in [-0.15, -0.1) is 0 Å². The van der Waals surface area contributed by atoms with Gasteiger partial charge in [0.15, 0.2) is 0 Å². The number of aromatic carboxylic acids is 1. The summed E-state index contributed by atoms with van der Waals surface area (Å²) in [6.07, 6.45) is 1.69. The van der Waals surface area contributed by atoms with Gasteiger partial charge in [0.2, 0.25) is 0 Å². The van der Waals surface area contributed by atoms with Gasteiger partial charge in [-0.2, -0.15) is 0 Å². The molecule has 20 heavy (non-hydrogen) atoms. The molecular formula is C15H15F2NO2. The molecule has 0 unspecified atom stereocenters. The van der Waals surface area contributed by atoms with Gasteiger partial charge in [0, 0.05) is 17.8 Å². The monoisotopic (exact) mass is 279 g/mol. The van der Waals surface area contributed by atoms with E-state index < -0.39 is 17.6 Å². The first-order chi connectivity index (χ1) is 9.38. The van der Waals surface area contributed by atoms with E-state index in [0.29, 0.717) is 0 Å². The number of aromatic nitrogens is 1. The van der Waals surface area contributed by atoms with Crippen LogP contribution < -0.4 is 0 Å². The molecule has 5 heteroatoms. The number of carboxylic acids is 1. The number of halogens is 2. The van der Waals surface area contributed by atoms with E-state index in [0.717, 1.165) is 17.7 Å². The first kappa shape index (κ1) is 14.2. The van der Waals surface area contributed by atoms with Crippen LogP contribution in [0.1, 0.15) is 41.4 Å². The van der Waals surface area contributed by atoms with Crippen LogP contribution in [-0.4, -0.2) is 15.6 Å². The predicted molar refractivity (Wildman–Crippen MR) is 70.9 cm³/mol. The lowest BCUT2D eigenvalue weighted by molar-refractivity contribution is 0.0685. The zero-order valence-electron chi connectivity index (χ0n) is 11.2. The molecule has 0 radical (unpaired) electrons. The van der Waals surface area contributed by atoms with Gasteiger partial charge < -0.3 is 9.67 Å². The van der Waals surface area contributed by atoms with E-state index in [1.807, 2.05) is 13.8 Å². The third-order valence-corrected chi connectivity index (χ3v) is 3.16. The second-order valence-corrected chi connectivity index (χ2v) is 4.98. The van der Waals surface area contributed by atoms with Crippen molar-refractivity contribution in [3.63, 3.8) is 0 Å². The normalized spacial score (nSPS) is 11.1. The second kappa shape index (κ2) is 5.45. The molecular weight excluding hydrogens is 264 g/mol. The lowest BCUT2D eigenvalue weighted by atomic mass is 10.1. The Bertz CT molecular complexity index is 647. The lowest BCUT2D eigenvalue weighted by Crippen LogP contribution is -2.09. The summed E-state index contributed by atoms with van der Waals surface area (Å²) in [6.45, 7) is 3.95. The molecule has 1 aromatic carbocycles. The van der Waals surface area contributed by atoms with Crippen LogP contribution in [0.15, 0.2) is 30.5 Å². The Labute approximate surface area is 115 Å². The molecule has 0 amide bonds. The quantitative estimate of drug-likeness (QED) is 0.928. The topological polar surface area (TPSA) is 42.2 Å². The van der Waals surface area contributed by atoms with E-state index >= 15 is 0 Å². The van der Waals surface area contributed by atoms with Gasteiger partial charge in [-0.05, 0) is 23.6 Å². The fourth-order valence-corrected chi connectivity index (χ4v) is 1.99. The van der Waals surface area contributed by atoms with E-state index in [1.54, 1.807) is 12.3 Å². The third kappa shape index (κ3) is 2.87. The van der Waals surface area contributed by atoms with E-state index in [4.69, 9.17) is 0 Å². The highest BCUT2D eigenvalue weighted by molar-refractivity contribution is 5.86. The fourth-order valence-electron chi connectivity index (χ4n) is 1.99. The summed E-state index contributed by atoms with van der Waals surface area (Å²) < 4.78 is 28.0. The molecule has 0 saturated carbocycles. The van der Waals surface area contributed by atoms with Gasteiger partial charge in [-0.1, -0.05) is 19.9 Å². The van der Waals surface area contributed by atoms with Crippen molar-refractivity contribution < 1.29 is 18.7 Å². The molecule has 0 spiro atoms. The van der Waals surface area contributed by atoms with E-state index in [2.05, 4.69) is 0 Å². The van der Waals surface area contributed by atoms with Gasteiger partial charge in [-0.3, -0.25) is 0 Å². The molecule has 3 nitrogen and oxygen atoms in total. The van der Waals surface area contributed by atoms with Gasteiger partial charge in [0.1, 0.15) is 17.3 Å². The Kier molecular flexibility index (Phi) is 3.88. The zero-order valence-corrected chi connectivity index (χ0v) is 11.2. The summed E-state index contributed by atoms with van der Waals surface area (Å²) in [5, 5.41) is 9.18. The average Bonchev–Trinajstić information content (AvgIpc) is 2.77. The molecule has 1 N–H and O–H groups in total. The Morgan fingerprint density at radius 2 is 2.00 bits per heavy atom. The maximum atomic E-state index is 13.6. The molecule has 0 aliphatic rings. The number of carbonyl (C=O) groups is 1. The van der Waals surface area contributed by atoms with Crippen molar-refractivity contribution in [2.45, 2.75) is 26.3 Å². The first-order valence-electron chi connectivity index (χ1n) is 6.25. The van der Waals surface area contributed by atoms with Crippen LogP contribution in [-0.2, 0) is 6.54 Å². The number of hydrogen-bond donors (Lipinski definition) is 1. The first-order valence-corrected chi connectivity index (χ1v) is 6.25. The molecule has 0 fully saturated rings. The Hall–Kier alpha value is -2.17. The highest BCUT2D eigenvalue weighted by Gasteiger charge is 2.15. The maximum absolute atomic E-state index is 13.6. The number of carboxylic acid groups (broad SMARTS) is 1. The van der Waals surface area contributed by atoms with Crippen LogP contribution in [0, 0.1) is 11.6 Å². The lowest BCUT2D eigenvalue weighted by Gasteiger charge is -2.07. The van der Waals surface area contributed by atoms with Crippen molar-refractivity contribution in [3.05, 3.63) is 58.9 Å². The molecule has 0 bridgehead atoms. The molecule has 1 heterocycles. The molecule has 0 aliphatic heterocycles. The van der Waals surface area contributed by atoms with Crippen molar-refractivity contribution >= 4 is 5.97 Å². The fraction of sp³-hybridized carbons (Fsp3) is 0.267. The van der Waals surface area contributed by atoms with Crippen molar-refractivity contribution in [2.24, 2.45) is 0 Å². The number of benzene rings is 1. The molecule has 0 saturated heterocycles. The number of nitrogens with zero attached hydrogens (tertiary/aromatic N) is 1. The highest BCUT2D eigenvalue weighted by Crippen LogP contribution is 2.20. The Morgan fingerprint density at radius 1 is 1.30 bits per heavy atom. The largest absolute Gasteiger partial charge is 0.477 e. The number of hydrogen-bond acceptors (Lipinski definition) is 1. The van der Waals surface area contributed by atoms with Crippen LogP contribution in [0.4, 0.5) is 8.78 Å². The Balaban J connectivity index is 2.39. The van der Waals surface area contributed by atoms with Crippen LogP contribution in [0.3, 0.4) is 0 Å². The molecule has 2 rings (SSSR count). The molecule has 1 aromatic heterocycles. The average molecular weight is 279 g/mol. The molecule has 106 valence electrons.